The molecule has 1 unspecified atom stereocenters. The van der Waals surface area contributed by atoms with Crippen LogP contribution in [0.15, 0.2) is 0 Å². The molecule has 0 fully saturated rings. The van der Waals surface area contributed by atoms with E-state index in [9.17, 15) is 9.59 Å². The first-order valence-electron chi connectivity index (χ1n) is 10.7. The number of hydrogen-bond donors (Lipinski definition) is 3. The van der Waals surface area contributed by atoms with E-state index in [0.29, 0.717) is 24.9 Å². The van der Waals surface area contributed by atoms with Crippen molar-refractivity contribution < 1.29 is 14.7 Å². The Morgan fingerprint density at radius 2 is 1.23 bits per heavy atom. The van der Waals surface area contributed by atoms with Gasteiger partial charge in [0.05, 0.1) is 0 Å². The summed E-state index contributed by atoms with van der Waals surface area (Å²) in [7, 11) is 0. The second kappa shape index (κ2) is 17.3. The van der Waals surface area contributed by atoms with Gasteiger partial charge in [0.2, 0.25) is 5.91 Å². The third kappa shape index (κ3) is 19.2. The van der Waals surface area contributed by atoms with Crippen molar-refractivity contribution in [1.29, 1.82) is 0 Å². The number of aliphatic carboxylic acids is 1. The summed E-state index contributed by atoms with van der Waals surface area (Å²) < 4.78 is 0. The van der Waals surface area contributed by atoms with E-state index in [1.165, 1.54) is 32.1 Å². The summed E-state index contributed by atoms with van der Waals surface area (Å²) in [5, 5.41) is 15.0. The van der Waals surface area contributed by atoms with Crippen molar-refractivity contribution in [2.45, 2.75) is 116 Å². The summed E-state index contributed by atoms with van der Waals surface area (Å²) in [6, 6.07) is 0.921. The second-order valence-electron chi connectivity index (χ2n) is 7.79. The van der Waals surface area contributed by atoms with Crippen LogP contribution in [0.2, 0.25) is 0 Å². The fourth-order valence-electron chi connectivity index (χ4n) is 3.14. The standard InChI is InChI=1S/C21H42N2O3/c1-18(2)23-19(3)16-17-22-20(24)14-12-10-8-6-4-5-7-9-11-13-15-21(25)26/h18-19,23H,4-17H2,1-3H3,(H,22,24)(H,25,26). The van der Waals surface area contributed by atoms with Crippen LogP contribution in [0.4, 0.5) is 0 Å². The molecule has 0 saturated carbocycles. The molecule has 0 aliphatic heterocycles. The summed E-state index contributed by atoms with van der Waals surface area (Å²) in [5.41, 5.74) is 0. The van der Waals surface area contributed by atoms with Crippen LogP contribution in [0.3, 0.4) is 0 Å². The second-order valence-corrected chi connectivity index (χ2v) is 7.79. The van der Waals surface area contributed by atoms with Gasteiger partial charge in [0, 0.05) is 31.5 Å². The molecular weight excluding hydrogens is 328 g/mol. The highest BCUT2D eigenvalue weighted by Crippen LogP contribution is 2.12. The van der Waals surface area contributed by atoms with Crippen LogP contribution >= 0.6 is 0 Å². The number of rotatable bonds is 18. The van der Waals surface area contributed by atoms with Crippen molar-refractivity contribution in [2.24, 2.45) is 0 Å². The van der Waals surface area contributed by atoms with Crippen LogP contribution in [-0.4, -0.2) is 35.6 Å². The Hall–Kier alpha value is -1.10. The van der Waals surface area contributed by atoms with Crippen LogP contribution in [0, 0.1) is 0 Å². The average molecular weight is 371 g/mol. The van der Waals surface area contributed by atoms with Gasteiger partial charge in [0.15, 0.2) is 0 Å². The molecule has 0 saturated heterocycles. The van der Waals surface area contributed by atoms with Gasteiger partial charge in [-0.2, -0.15) is 0 Å². The van der Waals surface area contributed by atoms with Gasteiger partial charge in [-0.3, -0.25) is 9.59 Å². The van der Waals surface area contributed by atoms with Crippen molar-refractivity contribution in [2.75, 3.05) is 6.54 Å². The quantitative estimate of drug-likeness (QED) is 0.307. The molecule has 26 heavy (non-hydrogen) atoms. The lowest BCUT2D eigenvalue weighted by Gasteiger charge is -2.16. The summed E-state index contributed by atoms with van der Waals surface area (Å²) in [4.78, 5) is 22.2. The van der Waals surface area contributed by atoms with Crippen LogP contribution in [0.1, 0.15) is 104 Å². The highest BCUT2D eigenvalue weighted by atomic mass is 16.4. The minimum Gasteiger partial charge on any atom is -0.481 e. The Morgan fingerprint density at radius 1 is 0.769 bits per heavy atom. The topological polar surface area (TPSA) is 78.4 Å². The van der Waals surface area contributed by atoms with Crippen LogP contribution in [0.5, 0.6) is 0 Å². The van der Waals surface area contributed by atoms with Gasteiger partial charge in [-0.1, -0.05) is 65.2 Å². The summed E-state index contributed by atoms with van der Waals surface area (Å²) in [5.74, 6) is -0.500. The van der Waals surface area contributed by atoms with Gasteiger partial charge in [0.25, 0.3) is 0 Å². The van der Waals surface area contributed by atoms with Gasteiger partial charge < -0.3 is 15.7 Å². The Bertz CT molecular complexity index is 359. The Balaban J connectivity index is 3.27. The van der Waals surface area contributed by atoms with E-state index < -0.39 is 5.97 Å². The van der Waals surface area contributed by atoms with Crippen LogP contribution in [-0.2, 0) is 9.59 Å². The number of unbranched alkanes of at least 4 members (excludes halogenated alkanes) is 9. The monoisotopic (exact) mass is 370 g/mol. The van der Waals surface area contributed by atoms with Gasteiger partial charge in [0.1, 0.15) is 0 Å². The summed E-state index contributed by atoms with van der Waals surface area (Å²) in [6.45, 7) is 7.18. The van der Waals surface area contributed by atoms with E-state index in [1.807, 2.05) is 0 Å². The molecule has 0 rings (SSSR count). The average Bonchev–Trinajstić information content (AvgIpc) is 2.54. The van der Waals surface area contributed by atoms with E-state index in [1.54, 1.807) is 0 Å². The Kier molecular flexibility index (Phi) is 16.6. The molecule has 0 aromatic rings. The van der Waals surface area contributed by atoms with Gasteiger partial charge in [-0.15, -0.1) is 0 Å². The maximum atomic E-state index is 11.8. The number of carboxylic acid groups (broad SMARTS) is 1. The highest BCUT2D eigenvalue weighted by Gasteiger charge is 2.05. The molecule has 0 bridgehead atoms. The summed E-state index contributed by atoms with van der Waals surface area (Å²) in [6.07, 6.45) is 13.2. The van der Waals surface area contributed by atoms with Crippen LogP contribution < -0.4 is 10.6 Å². The molecule has 1 atom stereocenters. The zero-order valence-electron chi connectivity index (χ0n) is 17.3. The highest BCUT2D eigenvalue weighted by molar-refractivity contribution is 5.75. The minimum absolute atomic E-state index is 0.183. The molecular formula is C21H42N2O3. The molecule has 0 aliphatic carbocycles. The zero-order valence-corrected chi connectivity index (χ0v) is 17.3. The van der Waals surface area contributed by atoms with Gasteiger partial charge in [-0.25, -0.2) is 0 Å². The molecule has 0 aromatic carbocycles. The smallest absolute Gasteiger partial charge is 0.303 e. The number of amides is 1. The SMILES string of the molecule is CC(C)NC(C)CCNC(=O)CCCCCCCCCCCCC(=O)O. The van der Waals surface area contributed by atoms with Crippen molar-refractivity contribution in [3.8, 4) is 0 Å². The Morgan fingerprint density at radius 3 is 1.69 bits per heavy atom. The number of carbonyl (C=O) groups excluding carboxylic acids is 1. The third-order valence-corrected chi connectivity index (χ3v) is 4.56. The lowest BCUT2D eigenvalue weighted by atomic mass is 10.1. The normalized spacial score (nSPS) is 12.3. The number of nitrogens with one attached hydrogen (secondary N) is 2. The molecule has 154 valence electrons. The van der Waals surface area contributed by atoms with E-state index in [2.05, 4.69) is 31.4 Å². The molecule has 1 amide bonds. The zero-order chi connectivity index (χ0) is 19.6. The predicted molar refractivity (Wildman–Crippen MR) is 108 cm³/mol. The number of hydrogen-bond acceptors (Lipinski definition) is 3. The first kappa shape index (κ1) is 24.9. The molecule has 5 heteroatoms. The van der Waals surface area contributed by atoms with Crippen molar-refractivity contribution in [1.82, 2.24) is 10.6 Å². The largest absolute Gasteiger partial charge is 0.481 e. The maximum absolute atomic E-state index is 11.8. The molecule has 0 aromatic heterocycles. The number of carboxylic acids is 1. The summed E-state index contributed by atoms with van der Waals surface area (Å²) >= 11 is 0. The molecule has 0 aliphatic rings. The molecule has 5 nitrogen and oxygen atoms in total. The van der Waals surface area contributed by atoms with Gasteiger partial charge >= 0.3 is 5.97 Å². The van der Waals surface area contributed by atoms with E-state index in [-0.39, 0.29) is 5.91 Å². The van der Waals surface area contributed by atoms with Crippen molar-refractivity contribution >= 4 is 11.9 Å². The molecule has 0 radical (unpaired) electrons. The van der Waals surface area contributed by atoms with Crippen molar-refractivity contribution in [3.05, 3.63) is 0 Å². The van der Waals surface area contributed by atoms with Crippen LogP contribution in [0.25, 0.3) is 0 Å². The van der Waals surface area contributed by atoms with E-state index in [4.69, 9.17) is 5.11 Å². The lowest BCUT2D eigenvalue weighted by molar-refractivity contribution is -0.137. The first-order chi connectivity index (χ1) is 12.4. The fourth-order valence-corrected chi connectivity index (χ4v) is 3.14. The van der Waals surface area contributed by atoms with Crippen molar-refractivity contribution in [3.63, 3.8) is 0 Å². The Labute approximate surface area is 160 Å². The molecule has 3 N–H and O–H groups in total. The lowest BCUT2D eigenvalue weighted by Crippen LogP contribution is -2.35. The fraction of sp³-hybridized carbons (Fsp3) is 0.905. The molecule has 0 spiro atoms. The predicted octanol–water partition coefficient (Wildman–Crippen LogP) is 4.65. The minimum atomic E-state index is -0.684. The van der Waals surface area contributed by atoms with Gasteiger partial charge in [-0.05, 0) is 26.2 Å². The molecule has 0 heterocycles. The first-order valence-corrected chi connectivity index (χ1v) is 10.7. The van der Waals surface area contributed by atoms with E-state index >= 15 is 0 Å². The van der Waals surface area contributed by atoms with E-state index in [0.717, 1.165) is 45.1 Å². The number of carbonyl (C=O) groups is 2. The third-order valence-electron chi connectivity index (χ3n) is 4.56. The maximum Gasteiger partial charge on any atom is 0.303 e.